The zero-order chi connectivity index (χ0) is 30.8. The van der Waals surface area contributed by atoms with Gasteiger partial charge in [0.05, 0.1) is 11.7 Å². The molecule has 222 valence electrons. The molecule has 9 nitrogen and oxygen atoms in total. The SMILES string of the molecule is CC1=C(C=O)N2C(=O)C(NC(=O)/C(=N\OC(c3ccccc3)(c3ccccc3)c3ccccc3)c3nc(N)sc3C)C2CC1. The number of benzene rings is 3. The van der Waals surface area contributed by atoms with Crippen LogP contribution in [0, 0.1) is 6.92 Å². The molecule has 10 heteroatoms. The molecule has 2 atom stereocenters. The minimum Gasteiger partial charge on any atom is -0.375 e. The van der Waals surface area contributed by atoms with Gasteiger partial charge in [0.1, 0.15) is 11.7 Å². The monoisotopic (exact) mass is 605 g/mol. The van der Waals surface area contributed by atoms with Crippen LogP contribution in [0.5, 0.6) is 0 Å². The van der Waals surface area contributed by atoms with Crippen LogP contribution in [0.15, 0.2) is 107 Å². The highest BCUT2D eigenvalue weighted by atomic mass is 32.1. The Balaban J connectivity index is 1.44. The van der Waals surface area contributed by atoms with Gasteiger partial charge in [-0.25, -0.2) is 4.98 Å². The van der Waals surface area contributed by atoms with Gasteiger partial charge >= 0.3 is 0 Å². The van der Waals surface area contributed by atoms with Crippen molar-refractivity contribution < 1.29 is 19.2 Å². The Morgan fingerprint density at radius 3 is 2.02 bits per heavy atom. The van der Waals surface area contributed by atoms with Crippen LogP contribution in [0.3, 0.4) is 0 Å². The number of rotatable bonds is 9. The summed E-state index contributed by atoms with van der Waals surface area (Å²) in [6.07, 6.45) is 2.00. The van der Waals surface area contributed by atoms with Crippen molar-refractivity contribution >= 4 is 40.3 Å². The zero-order valence-electron chi connectivity index (χ0n) is 24.3. The van der Waals surface area contributed by atoms with E-state index < -0.39 is 17.6 Å². The molecule has 1 aromatic heterocycles. The van der Waals surface area contributed by atoms with Crippen molar-refractivity contribution in [2.24, 2.45) is 5.16 Å². The molecular formula is C34H31N5O4S. The van der Waals surface area contributed by atoms with E-state index in [0.29, 0.717) is 29.7 Å². The lowest BCUT2D eigenvalue weighted by Gasteiger charge is -2.50. The van der Waals surface area contributed by atoms with Gasteiger partial charge in [0.25, 0.3) is 11.8 Å². The number of hydrogen-bond donors (Lipinski definition) is 2. The van der Waals surface area contributed by atoms with Crippen LogP contribution >= 0.6 is 11.3 Å². The number of nitrogens with zero attached hydrogens (tertiary/aromatic N) is 3. The summed E-state index contributed by atoms with van der Waals surface area (Å²) in [5.41, 5.74) is 8.59. The molecule has 2 amide bonds. The van der Waals surface area contributed by atoms with Gasteiger partial charge in [0, 0.05) is 21.6 Å². The van der Waals surface area contributed by atoms with Crippen molar-refractivity contribution in [1.29, 1.82) is 0 Å². The van der Waals surface area contributed by atoms with Crippen LogP contribution in [0.1, 0.15) is 47.0 Å². The Labute approximate surface area is 259 Å². The summed E-state index contributed by atoms with van der Waals surface area (Å²) in [5.74, 6) is -0.968. The van der Waals surface area contributed by atoms with E-state index in [-0.39, 0.29) is 28.5 Å². The molecule has 1 saturated heterocycles. The predicted molar refractivity (Wildman–Crippen MR) is 169 cm³/mol. The number of thiazole rings is 1. The summed E-state index contributed by atoms with van der Waals surface area (Å²) in [6.45, 7) is 3.64. The first-order valence-corrected chi connectivity index (χ1v) is 15.1. The smallest absolute Gasteiger partial charge is 0.276 e. The molecule has 6 rings (SSSR count). The fraction of sp³-hybridized carbons (Fsp3) is 0.206. The molecule has 0 saturated carbocycles. The summed E-state index contributed by atoms with van der Waals surface area (Å²) >= 11 is 1.23. The highest BCUT2D eigenvalue weighted by molar-refractivity contribution is 7.15. The van der Waals surface area contributed by atoms with Gasteiger partial charge in [-0.2, -0.15) is 0 Å². The van der Waals surface area contributed by atoms with Crippen LogP contribution in [-0.4, -0.2) is 45.8 Å². The lowest BCUT2D eigenvalue weighted by Crippen LogP contribution is -2.71. The predicted octanol–water partition coefficient (Wildman–Crippen LogP) is 4.71. The van der Waals surface area contributed by atoms with Crippen molar-refractivity contribution in [3.63, 3.8) is 0 Å². The maximum Gasteiger partial charge on any atom is 0.276 e. The van der Waals surface area contributed by atoms with E-state index in [4.69, 9.17) is 10.6 Å². The van der Waals surface area contributed by atoms with Crippen molar-refractivity contribution in [3.05, 3.63) is 130 Å². The molecule has 0 spiro atoms. The number of nitrogens with one attached hydrogen (secondary N) is 1. The third-order valence-electron chi connectivity index (χ3n) is 8.20. The Kier molecular flexibility index (Phi) is 7.84. The number of nitrogen functional groups attached to an aromatic ring is 1. The number of carbonyl (C=O) groups is 3. The molecular weight excluding hydrogens is 574 g/mol. The summed E-state index contributed by atoms with van der Waals surface area (Å²) in [5, 5.41) is 7.69. The van der Waals surface area contributed by atoms with Gasteiger partial charge in [-0.15, -0.1) is 11.3 Å². The van der Waals surface area contributed by atoms with Crippen LogP contribution in [0.4, 0.5) is 5.13 Å². The van der Waals surface area contributed by atoms with E-state index in [1.165, 1.54) is 16.2 Å². The molecule has 44 heavy (non-hydrogen) atoms. The minimum atomic E-state index is -1.24. The number of hydrogen-bond acceptors (Lipinski definition) is 8. The molecule has 0 aliphatic carbocycles. The van der Waals surface area contributed by atoms with Crippen LogP contribution in [0.25, 0.3) is 0 Å². The average Bonchev–Trinajstić information content (AvgIpc) is 3.39. The first-order valence-electron chi connectivity index (χ1n) is 14.3. The third kappa shape index (κ3) is 4.97. The number of nitrogens with two attached hydrogens (primary N) is 1. The van der Waals surface area contributed by atoms with E-state index >= 15 is 0 Å². The number of oxime groups is 1. The summed E-state index contributed by atoms with van der Waals surface area (Å²) in [4.78, 5) is 52.1. The average molecular weight is 606 g/mol. The van der Waals surface area contributed by atoms with Crippen LogP contribution in [0.2, 0.25) is 0 Å². The van der Waals surface area contributed by atoms with Crippen molar-refractivity contribution in [3.8, 4) is 0 Å². The number of anilines is 1. The number of carbonyl (C=O) groups excluding carboxylic acids is 3. The van der Waals surface area contributed by atoms with Gasteiger partial charge in [-0.1, -0.05) is 96.2 Å². The Morgan fingerprint density at radius 2 is 1.55 bits per heavy atom. The van der Waals surface area contributed by atoms with E-state index in [9.17, 15) is 14.4 Å². The first kappa shape index (κ1) is 29.0. The second-order valence-electron chi connectivity index (χ2n) is 10.8. The minimum absolute atomic E-state index is 0.105. The van der Waals surface area contributed by atoms with E-state index in [1.807, 2.05) is 97.9 Å². The standard InChI is InChI=1S/C34H31N5O4S/c1-21-18-19-26-29(32(42)39(26)27(21)20-40)36-31(41)30(28-22(2)44-33(35)37-28)38-43-34(23-12-6-3-7-13-23,24-14-8-4-9-15-24)25-16-10-5-11-17-25/h3-17,20,26,29H,18-19H2,1-2H3,(H2,35,37)(H,36,41)/b38-30-. The Hall–Kier alpha value is -5.09. The summed E-state index contributed by atoms with van der Waals surface area (Å²) in [7, 11) is 0. The Bertz CT molecular complexity index is 1670. The second-order valence-corrected chi connectivity index (χ2v) is 12.1. The number of aromatic nitrogens is 1. The van der Waals surface area contributed by atoms with Gasteiger partial charge < -0.3 is 20.8 Å². The van der Waals surface area contributed by atoms with E-state index in [1.54, 1.807) is 6.92 Å². The van der Waals surface area contributed by atoms with Crippen LogP contribution < -0.4 is 11.1 Å². The number of β-lactam (4-membered cyclic amide) rings is 1. The van der Waals surface area contributed by atoms with Gasteiger partial charge in [-0.3, -0.25) is 14.4 Å². The molecule has 2 unspecified atom stereocenters. The largest absolute Gasteiger partial charge is 0.375 e. The lowest BCUT2D eigenvalue weighted by molar-refractivity contribution is -0.151. The van der Waals surface area contributed by atoms with E-state index in [0.717, 1.165) is 22.3 Å². The van der Waals surface area contributed by atoms with Crippen molar-refractivity contribution in [1.82, 2.24) is 15.2 Å². The number of amides is 2. The molecule has 4 aromatic rings. The molecule has 3 heterocycles. The number of aldehydes is 1. The number of fused-ring (bicyclic) bond motifs is 1. The molecule has 1 fully saturated rings. The molecule has 2 aliphatic rings. The molecule has 0 bridgehead atoms. The third-order valence-corrected chi connectivity index (χ3v) is 9.00. The van der Waals surface area contributed by atoms with Crippen molar-refractivity contribution in [2.45, 2.75) is 44.4 Å². The quantitative estimate of drug-likeness (QED) is 0.0936. The zero-order valence-corrected chi connectivity index (χ0v) is 25.1. The van der Waals surface area contributed by atoms with Gasteiger partial charge in [0.2, 0.25) is 5.60 Å². The maximum absolute atomic E-state index is 14.0. The second kappa shape index (κ2) is 11.9. The fourth-order valence-electron chi connectivity index (χ4n) is 5.98. The highest BCUT2D eigenvalue weighted by Crippen LogP contribution is 2.41. The summed E-state index contributed by atoms with van der Waals surface area (Å²) in [6, 6.07) is 27.9. The fourth-order valence-corrected chi connectivity index (χ4v) is 6.67. The van der Waals surface area contributed by atoms with Crippen LogP contribution in [-0.2, 0) is 24.8 Å². The molecule has 3 N–H and O–H groups in total. The molecule has 0 radical (unpaired) electrons. The number of allylic oxidation sites excluding steroid dienone is 2. The van der Waals surface area contributed by atoms with Gasteiger partial charge in [-0.05, 0) is 32.3 Å². The molecule has 3 aromatic carbocycles. The Morgan fingerprint density at radius 1 is 1.00 bits per heavy atom. The topological polar surface area (TPSA) is 127 Å². The first-order chi connectivity index (χ1) is 21.3. The number of aryl methyl sites for hydroxylation is 1. The molecule has 2 aliphatic heterocycles. The maximum atomic E-state index is 14.0. The highest BCUT2D eigenvalue weighted by Gasteiger charge is 2.52. The van der Waals surface area contributed by atoms with Gasteiger partial charge in [0.15, 0.2) is 17.1 Å². The van der Waals surface area contributed by atoms with Crippen molar-refractivity contribution in [2.75, 3.05) is 5.73 Å². The normalized spacial score (nSPS) is 18.4. The summed E-state index contributed by atoms with van der Waals surface area (Å²) < 4.78 is 0. The van der Waals surface area contributed by atoms with E-state index in [2.05, 4.69) is 15.5 Å². The lowest BCUT2D eigenvalue weighted by atomic mass is 9.80.